The standard InChI is InChI=1S/C14H10FNO5/c15-10-3-1-8(2-4-10)7-21-11-5-9(13(17)18)6-16-12(11)14(19)20/h1-6H,7H2,(H,17,18)(H,19,20). The number of pyridine rings is 1. The number of carbonyl (C=O) groups is 2. The predicted molar refractivity (Wildman–Crippen MR) is 68.9 cm³/mol. The van der Waals surface area contributed by atoms with Gasteiger partial charge in [-0.15, -0.1) is 0 Å². The van der Waals surface area contributed by atoms with Crippen LogP contribution < -0.4 is 4.74 Å². The van der Waals surface area contributed by atoms with Crippen LogP contribution in [0.15, 0.2) is 36.5 Å². The van der Waals surface area contributed by atoms with Crippen LogP contribution in [0.25, 0.3) is 0 Å². The third-order valence-electron chi connectivity index (χ3n) is 2.61. The van der Waals surface area contributed by atoms with Gasteiger partial charge in [-0.1, -0.05) is 12.1 Å². The van der Waals surface area contributed by atoms with Gasteiger partial charge in [-0.2, -0.15) is 0 Å². The molecule has 2 N–H and O–H groups in total. The van der Waals surface area contributed by atoms with Crippen LogP contribution in [0.3, 0.4) is 0 Å². The quantitative estimate of drug-likeness (QED) is 0.876. The Morgan fingerprint density at radius 1 is 1.14 bits per heavy atom. The van der Waals surface area contributed by atoms with E-state index in [0.717, 1.165) is 12.3 Å². The first-order chi connectivity index (χ1) is 9.97. The molecule has 2 rings (SSSR count). The molecule has 0 aliphatic heterocycles. The third kappa shape index (κ3) is 3.53. The number of rotatable bonds is 5. The molecule has 0 fully saturated rings. The fourth-order valence-corrected chi connectivity index (χ4v) is 1.57. The maximum Gasteiger partial charge on any atom is 0.358 e. The molecule has 6 nitrogen and oxygen atoms in total. The lowest BCUT2D eigenvalue weighted by atomic mass is 10.2. The van der Waals surface area contributed by atoms with Gasteiger partial charge < -0.3 is 14.9 Å². The highest BCUT2D eigenvalue weighted by Gasteiger charge is 2.16. The molecule has 0 radical (unpaired) electrons. The second kappa shape index (κ2) is 6.00. The minimum Gasteiger partial charge on any atom is -0.486 e. The monoisotopic (exact) mass is 291 g/mol. The van der Waals surface area contributed by atoms with Crippen molar-refractivity contribution < 1.29 is 28.9 Å². The molecule has 0 spiro atoms. The van der Waals surface area contributed by atoms with Crippen LogP contribution in [0, 0.1) is 5.82 Å². The smallest absolute Gasteiger partial charge is 0.358 e. The summed E-state index contributed by atoms with van der Waals surface area (Å²) in [7, 11) is 0. The highest BCUT2D eigenvalue weighted by molar-refractivity contribution is 5.92. The molecule has 0 saturated heterocycles. The number of halogens is 1. The molecule has 21 heavy (non-hydrogen) atoms. The van der Waals surface area contributed by atoms with Crippen LogP contribution in [-0.4, -0.2) is 27.1 Å². The molecule has 0 bridgehead atoms. The minimum atomic E-state index is -1.33. The normalized spacial score (nSPS) is 10.1. The van der Waals surface area contributed by atoms with Gasteiger partial charge in [0.1, 0.15) is 12.4 Å². The van der Waals surface area contributed by atoms with Crippen LogP contribution in [0.2, 0.25) is 0 Å². The summed E-state index contributed by atoms with van der Waals surface area (Å²) >= 11 is 0. The van der Waals surface area contributed by atoms with Crippen molar-refractivity contribution in [1.82, 2.24) is 4.98 Å². The number of benzene rings is 1. The average molecular weight is 291 g/mol. The largest absolute Gasteiger partial charge is 0.486 e. The van der Waals surface area contributed by atoms with Gasteiger partial charge >= 0.3 is 11.9 Å². The van der Waals surface area contributed by atoms with Crippen LogP contribution in [-0.2, 0) is 6.61 Å². The second-order valence-electron chi connectivity index (χ2n) is 4.10. The molecule has 0 amide bonds. The van der Waals surface area contributed by atoms with Gasteiger partial charge in [-0.3, -0.25) is 0 Å². The van der Waals surface area contributed by atoms with Crippen molar-refractivity contribution >= 4 is 11.9 Å². The Morgan fingerprint density at radius 2 is 1.81 bits per heavy atom. The first-order valence-electron chi connectivity index (χ1n) is 5.81. The van der Waals surface area contributed by atoms with Crippen LogP contribution >= 0.6 is 0 Å². The Labute approximate surface area is 118 Å². The molecule has 7 heteroatoms. The zero-order valence-electron chi connectivity index (χ0n) is 10.6. The Kier molecular flexibility index (Phi) is 4.13. The summed E-state index contributed by atoms with van der Waals surface area (Å²) in [5.41, 5.74) is 0.0321. The number of aromatic carboxylic acids is 2. The molecule has 1 aromatic heterocycles. The van der Waals surface area contributed by atoms with Gasteiger partial charge in [0.2, 0.25) is 0 Å². The predicted octanol–water partition coefficient (Wildman–Crippen LogP) is 2.20. The Balaban J connectivity index is 2.24. The van der Waals surface area contributed by atoms with Gasteiger partial charge in [0.15, 0.2) is 11.4 Å². The Hall–Kier alpha value is -2.96. The number of aromatic nitrogens is 1. The van der Waals surface area contributed by atoms with Gasteiger partial charge in [0, 0.05) is 6.20 Å². The second-order valence-corrected chi connectivity index (χ2v) is 4.10. The van der Waals surface area contributed by atoms with E-state index >= 15 is 0 Å². The van der Waals surface area contributed by atoms with Crippen molar-refractivity contribution in [2.75, 3.05) is 0 Å². The van der Waals surface area contributed by atoms with Crippen molar-refractivity contribution in [3.63, 3.8) is 0 Å². The fraction of sp³-hybridized carbons (Fsp3) is 0.0714. The van der Waals surface area contributed by atoms with Crippen LogP contribution in [0.5, 0.6) is 5.75 Å². The molecule has 108 valence electrons. The maximum atomic E-state index is 12.8. The van der Waals surface area contributed by atoms with E-state index in [1.165, 1.54) is 24.3 Å². The minimum absolute atomic E-state index is 0.0364. The van der Waals surface area contributed by atoms with Crippen molar-refractivity contribution in [2.45, 2.75) is 6.61 Å². The van der Waals surface area contributed by atoms with Crippen molar-refractivity contribution in [3.8, 4) is 5.75 Å². The highest BCUT2D eigenvalue weighted by Crippen LogP contribution is 2.20. The van der Waals surface area contributed by atoms with Gasteiger partial charge in [-0.05, 0) is 23.8 Å². The SMILES string of the molecule is O=C(O)c1cnc(C(=O)O)c(OCc2ccc(F)cc2)c1. The average Bonchev–Trinajstić information content (AvgIpc) is 2.46. The summed E-state index contributed by atoms with van der Waals surface area (Å²) in [4.78, 5) is 25.4. The van der Waals surface area contributed by atoms with Crippen molar-refractivity contribution in [1.29, 1.82) is 0 Å². The van der Waals surface area contributed by atoms with E-state index in [2.05, 4.69) is 4.98 Å². The van der Waals surface area contributed by atoms with Crippen LogP contribution in [0.1, 0.15) is 26.4 Å². The molecule has 0 atom stereocenters. The lowest BCUT2D eigenvalue weighted by Crippen LogP contribution is -2.08. The topological polar surface area (TPSA) is 96.7 Å². The summed E-state index contributed by atoms with van der Waals surface area (Å²) in [6, 6.07) is 6.52. The molecular weight excluding hydrogens is 281 g/mol. The number of nitrogens with zero attached hydrogens (tertiary/aromatic N) is 1. The zero-order valence-corrected chi connectivity index (χ0v) is 10.6. The molecule has 2 aromatic rings. The maximum absolute atomic E-state index is 12.8. The van der Waals surface area contributed by atoms with E-state index in [-0.39, 0.29) is 23.6 Å². The fourth-order valence-electron chi connectivity index (χ4n) is 1.57. The van der Waals surface area contributed by atoms with Crippen molar-refractivity contribution in [2.24, 2.45) is 0 Å². The molecule has 0 saturated carbocycles. The summed E-state index contributed by atoms with van der Waals surface area (Å²) in [6.45, 7) is -0.0364. The van der Waals surface area contributed by atoms with Gasteiger partial charge in [0.25, 0.3) is 0 Å². The van der Waals surface area contributed by atoms with Gasteiger partial charge in [-0.25, -0.2) is 19.0 Å². The van der Waals surface area contributed by atoms with E-state index in [1.54, 1.807) is 0 Å². The lowest BCUT2D eigenvalue weighted by molar-refractivity contribution is 0.0670. The van der Waals surface area contributed by atoms with E-state index in [0.29, 0.717) is 5.56 Å². The molecule has 0 aliphatic carbocycles. The molecular formula is C14H10FNO5. The number of ether oxygens (including phenoxy) is 1. The summed E-state index contributed by atoms with van der Waals surface area (Å²) in [5.74, 6) is -3.14. The van der Waals surface area contributed by atoms with Gasteiger partial charge in [0.05, 0.1) is 5.56 Å². The first-order valence-corrected chi connectivity index (χ1v) is 5.81. The molecule has 0 unspecified atom stereocenters. The number of hydrogen-bond donors (Lipinski definition) is 2. The number of carboxylic acids is 2. The lowest BCUT2D eigenvalue weighted by Gasteiger charge is -2.09. The van der Waals surface area contributed by atoms with E-state index in [9.17, 15) is 14.0 Å². The number of carboxylic acid groups (broad SMARTS) is 2. The molecule has 0 aliphatic rings. The Morgan fingerprint density at radius 3 is 2.38 bits per heavy atom. The third-order valence-corrected chi connectivity index (χ3v) is 2.61. The number of hydrogen-bond acceptors (Lipinski definition) is 4. The summed E-state index contributed by atoms with van der Waals surface area (Å²) in [5, 5.41) is 17.9. The van der Waals surface area contributed by atoms with E-state index in [4.69, 9.17) is 14.9 Å². The van der Waals surface area contributed by atoms with E-state index in [1.807, 2.05) is 0 Å². The zero-order chi connectivity index (χ0) is 15.4. The summed E-state index contributed by atoms with van der Waals surface area (Å²) in [6.07, 6.45) is 0.941. The molecule has 1 aromatic carbocycles. The van der Waals surface area contributed by atoms with Crippen molar-refractivity contribution in [3.05, 3.63) is 59.2 Å². The summed E-state index contributed by atoms with van der Waals surface area (Å²) < 4.78 is 18.1. The van der Waals surface area contributed by atoms with Crippen LogP contribution in [0.4, 0.5) is 4.39 Å². The highest BCUT2D eigenvalue weighted by atomic mass is 19.1. The van der Waals surface area contributed by atoms with E-state index < -0.39 is 17.8 Å². The Bertz CT molecular complexity index is 684. The molecule has 1 heterocycles. The first kappa shape index (κ1) is 14.4.